The van der Waals surface area contributed by atoms with Crippen LogP contribution in [0.3, 0.4) is 0 Å². The van der Waals surface area contributed by atoms with Crippen LogP contribution in [0, 0.1) is 11.8 Å². The Morgan fingerprint density at radius 3 is 2.46 bits per heavy atom. The van der Waals surface area contributed by atoms with Crippen LogP contribution in [0.1, 0.15) is 40.5 Å². The first-order chi connectivity index (χ1) is 6.19. The van der Waals surface area contributed by atoms with Crippen LogP contribution >= 0.6 is 0 Å². The fraction of sp³-hybridized carbons (Fsp3) is 0.909. The molecule has 0 radical (unpaired) electrons. The fourth-order valence-corrected chi connectivity index (χ4v) is 1.74. The van der Waals surface area contributed by atoms with E-state index in [1.165, 1.54) is 18.7 Å². The molecule has 1 N–H and O–H groups in total. The van der Waals surface area contributed by atoms with Crippen molar-refractivity contribution < 1.29 is 0 Å². The van der Waals surface area contributed by atoms with E-state index in [0.717, 1.165) is 6.54 Å². The molecule has 1 aliphatic rings. The molecule has 0 aromatic carbocycles. The lowest BCUT2D eigenvalue weighted by atomic mass is 9.96. The van der Waals surface area contributed by atoms with Crippen LogP contribution < -0.4 is 5.32 Å². The molecule has 1 aliphatic heterocycles. The molecule has 0 aliphatic carbocycles. The van der Waals surface area contributed by atoms with E-state index >= 15 is 0 Å². The molecule has 76 valence electrons. The lowest BCUT2D eigenvalue weighted by Crippen LogP contribution is -2.45. The highest BCUT2D eigenvalue weighted by atomic mass is 15.1. The standard InChI is InChI=1S/C11H22N2/c1-5-10(6-2)11-12-7-8(3)9(4)13-11/h8-10H,5-7H2,1-4H3,(H,12,13). The first-order valence-electron chi connectivity index (χ1n) is 5.49. The summed E-state index contributed by atoms with van der Waals surface area (Å²) in [5.41, 5.74) is 0. The van der Waals surface area contributed by atoms with Crippen molar-refractivity contribution in [2.24, 2.45) is 16.8 Å². The van der Waals surface area contributed by atoms with Gasteiger partial charge in [-0.25, -0.2) is 0 Å². The van der Waals surface area contributed by atoms with E-state index in [1.54, 1.807) is 0 Å². The predicted molar refractivity (Wildman–Crippen MR) is 58.1 cm³/mol. The highest BCUT2D eigenvalue weighted by Gasteiger charge is 2.22. The molecule has 0 aromatic heterocycles. The quantitative estimate of drug-likeness (QED) is 0.712. The van der Waals surface area contributed by atoms with Gasteiger partial charge in [0, 0.05) is 18.5 Å². The summed E-state index contributed by atoms with van der Waals surface area (Å²) in [6.07, 6.45) is 2.40. The summed E-state index contributed by atoms with van der Waals surface area (Å²) in [5, 5.41) is 3.52. The van der Waals surface area contributed by atoms with Gasteiger partial charge < -0.3 is 5.32 Å². The van der Waals surface area contributed by atoms with E-state index < -0.39 is 0 Å². The third-order valence-corrected chi connectivity index (χ3v) is 3.15. The molecule has 0 spiro atoms. The smallest absolute Gasteiger partial charge is 0.0996 e. The van der Waals surface area contributed by atoms with E-state index in [9.17, 15) is 0 Å². The van der Waals surface area contributed by atoms with Crippen LogP contribution in [-0.4, -0.2) is 18.4 Å². The third kappa shape index (κ3) is 2.45. The highest BCUT2D eigenvalue weighted by Crippen LogP contribution is 2.15. The number of rotatable bonds is 3. The van der Waals surface area contributed by atoms with Crippen molar-refractivity contribution in [2.45, 2.75) is 46.6 Å². The van der Waals surface area contributed by atoms with Gasteiger partial charge in [0.2, 0.25) is 0 Å². The minimum Gasteiger partial charge on any atom is -0.371 e. The van der Waals surface area contributed by atoms with Crippen molar-refractivity contribution in [3.05, 3.63) is 0 Å². The van der Waals surface area contributed by atoms with Gasteiger partial charge in [0.15, 0.2) is 0 Å². The van der Waals surface area contributed by atoms with Crippen molar-refractivity contribution in [2.75, 3.05) is 6.54 Å². The van der Waals surface area contributed by atoms with Crippen molar-refractivity contribution in [3.63, 3.8) is 0 Å². The van der Waals surface area contributed by atoms with E-state index in [-0.39, 0.29) is 0 Å². The summed E-state index contributed by atoms with van der Waals surface area (Å²) < 4.78 is 0. The monoisotopic (exact) mass is 182 g/mol. The van der Waals surface area contributed by atoms with Crippen molar-refractivity contribution >= 4 is 5.84 Å². The maximum absolute atomic E-state index is 4.61. The van der Waals surface area contributed by atoms with Crippen molar-refractivity contribution in [1.29, 1.82) is 0 Å². The Morgan fingerprint density at radius 2 is 2.00 bits per heavy atom. The average molecular weight is 182 g/mol. The Labute approximate surface area is 81.8 Å². The van der Waals surface area contributed by atoms with Crippen LogP contribution in [0.15, 0.2) is 4.99 Å². The van der Waals surface area contributed by atoms with E-state index in [1.807, 2.05) is 0 Å². The molecular weight excluding hydrogens is 160 g/mol. The number of amidine groups is 1. The normalized spacial score (nSPS) is 28.5. The first kappa shape index (κ1) is 10.6. The second-order valence-electron chi connectivity index (χ2n) is 4.15. The highest BCUT2D eigenvalue weighted by molar-refractivity contribution is 5.85. The minimum absolute atomic E-state index is 0.591. The first-order valence-corrected chi connectivity index (χ1v) is 5.49. The molecule has 2 heteroatoms. The summed E-state index contributed by atoms with van der Waals surface area (Å²) in [5.74, 6) is 2.57. The van der Waals surface area contributed by atoms with Gasteiger partial charge in [-0.3, -0.25) is 4.99 Å². The van der Waals surface area contributed by atoms with Gasteiger partial charge in [-0.2, -0.15) is 0 Å². The number of nitrogens with one attached hydrogen (secondary N) is 1. The summed E-state index contributed by atoms with van der Waals surface area (Å²) >= 11 is 0. The van der Waals surface area contributed by atoms with Crippen molar-refractivity contribution in [3.8, 4) is 0 Å². The molecule has 2 atom stereocenters. The lowest BCUT2D eigenvalue weighted by Gasteiger charge is -2.30. The maximum Gasteiger partial charge on any atom is 0.0996 e. The van der Waals surface area contributed by atoms with Gasteiger partial charge in [-0.15, -0.1) is 0 Å². The van der Waals surface area contributed by atoms with E-state index in [0.29, 0.717) is 17.9 Å². The second kappa shape index (κ2) is 4.64. The van der Waals surface area contributed by atoms with Crippen LogP contribution in [0.5, 0.6) is 0 Å². The van der Waals surface area contributed by atoms with Crippen LogP contribution in [0.2, 0.25) is 0 Å². The molecule has 0 amide bonds. The number of nitrogens with zero attached hydrogens (tertiary/aromatic N) is 1. The molecule has 2 nitrogen and oxygen atoms in total. The Kier molecular flexibility index (Phi) is 3.76. The number of hydrogen-bond acceptors (Lipinski definition) is 2. The molecule has 0 aromatic rings. The van der Waals surface area contributed by atoms with E-state index in [2.05, 4.69) is 38.0 Å². The van der Waals surface area contributed by atoms with Gasteiger partial charge in [0.1, 0.15) is 0 Å². The second-order valence-corrected chi connectivity index (χ2v) is 4.15. The van der Waals surface area contributed by atoms with Gasteiger partial charge in [0.25, 0.3) is 0 Å². The molecule has 2 unspecified atom stereocenters. The average Bonchev–Trinajstić information content (AvgIpc) is 2.13. The van der Waals surface area contributed by atoms with Crippen LogP contribution in [-0.2, 0) is 0 Å². The lowest BCUT2D eigenvalue weighted by molar-refractivity contribution is 0.421. The molecule has 0 saturated carbocycles. The molecule has 13 heavy (non-hydrogen) atoms. The molecule has 1 heterocycles. The molecule has 0 saturated heterocycles. The largest absolute Gasteiger partial charge is 0.371 e. The topological polar surface area (TPSA) is 24.4 Å². The van der Waals surface area contributed by atoms with Gasteiger partial charge in [-0.05, 0) is 25.7 Å². The predicted octanol–water partition coefficient (Wildman–Crippen LogP) is 2.45. The summed E-state index contributed by atoms with van der Waals surface area (Å²) in [6, 6.07) is 0.591. The zero-order valence-corrected chi connectivity index (χ0v) is 9.30. The molecule has 0 fully saturated rings. The molecule has 0 bridgehead atoms. The van der Waals surface area contributed by atoms with Gasteiger partial charge >= 0.3 is 0 Å². The summed E-state index contributed by atoms with van der Waals surface area (Å²) in [4.78, 5) is 4.61. The Bertz CT molecular complexity index is 183. The van der Waals surface area contributed by atoms with E-state index in [4.69, 9.17) is 0 Å². The zero-order valence-electron chi connectivity index (χ0n) is 9.30. The van der Waals surface area contributed by atoms with Gasteiger partial charge in [0.05, 0.1) is 5.84 Å². The third-order valence-electron chi connectivity index (χ3n) is 3.15. The van der Waals surface area contributed by atoms with Gasteiger partial charge in [-0.1, -0.05) is 20.8 Å². The Balaban J connectivity index is 2.60. The fourth-order valence-electron chi connectivity index (χ4n) is 1.74. The maximum atomic E-state index is 4.61. The van der Waals surface area contributed by atoms with Crippen LogP contribution in [0.4, 0.5) is 0 Å². The SMILES string of the molecule is CCC(CC)C1=NCC(C)C(C)N1. The minimum atomic E-state index is 0.591. The zero-order chi connectivity index (χ0) is 9.84. The number of aliphatic imine (C=N–C) groups is 1. The Morgan fingerprint density at radius 1 is 1.38 bits per heavy atom. The summed E-state index contributed by atoms with van der Waals surface area (Å²) in [7, 11) is 0. The van der Waals surface area contributed by atoms with Crippen LogP contribution in [0.25, 0.3) is 0 Å². The summed E-state index contributed by atoms with van der Waals surface area (Å²) in [6.45, 7) is 9.98. The molecule has 1 rings (SSSR count). The van der Waals surface area contributed by atoms with Crippen molar-refractivity contribution in [1.82, 2.24) is 5.32 Å². The Hall–Kier alpha value is -0.530. The molecular formula is C11H22N2. The number of hydrogen-bond donors (Lipinski definition) is 1.